The van der Waals surface area contributed by atoms with Gasteiger partial charge in [-0.05, 0) is 17.2 Å². The van der Waals surface area contributed by atoms with Gasteiger partial charge < -0.3 is 9.87 Å². The lowest BCUT2D eigenvalue weighted by molar-refractivity contribution is 0.576. The van der Waals surface area contributed by atoms with Gasteiger partial charge in [-0.15, -0.1) is 0 Å². The van der Waals surface area contributed by atoms with Crippen molar-refractivity contribution in [2.24, 2.45) is 0 Å². The Labute approximate surface area is 88.9 Å². The highest BCUT2D eigenvalue weighted by Crippen LogP contribution is 2.14. The highest BCUT2D eigenvalue weighted by atomic mass is 32.2. The van der Waals surface area contributed by atoms with Crippen LogP contribution < -0.4 is 5.32 Å². The van der Waals surface area contributed by atoms with Crippen LogP contribution in [0.1, 0.15) is 19.4 Å². The predicted octanol–water partition coefficient (Wildman–Crippen LogP) is 1.92. The molecule has 0 saturated heterocycles. The summed E-state index contributed by atoms with van der Waals surface area (Å²) >= 11 is -0.895. The Morgan fingerprint density at radius 3 is 2.57 bits per heavy atom. The minimum Gasteiger partial charge on any atom is -0.612 e. The van der Waals surface area contributed by atoms with Gasteiger partial charge in [0.05, 0.1) is 0 Å². The van der Waals surface area contributed by atoms with Gasteiger partial charge in [-0.2, -0.15) is 0 Å². The van der Waals surface area contributed by atoms with E-state index in [1.165, 1.54) is 0 Å². The highest BCUT2D eigenvalue weighted by molar-refractivity contribution is 7.90. The van der Waals surface area contributed by atoms with E-state index in [0.717, 1.165) is 17.0 Å². The predicted molar refractivity (Wildman–Crippen MR) is 60.8 cm³/mol. The maximum Gasteiger partial charge on any atom is 0.156 e. The van der Waals surface area contributed by atoms with Crippen molar-refractivity contribution >= 4 is 11.2 Å². The highest BCUT2D eigenvalue weighted by Gasteiger charge is 2.10. The van der Waals surface area contributed by atoms with Gasteiger partial charge in [0, 0.05) is 18.2 Å². The van der Waals surface area contributed by atoms with Crippen molar-refractivity contribution < 1.29 is 4.55 Å². The van der Waals surface area contributed by atoms with Gasteiger partial charge in [0.1, 0.15) is 6.26 Å². The van der Waals surface area contributed by atoms with Crippen LogP contribution in [0, 0.1) is 0 Å². The Hall–Kier alpha value is -0.510. The molecule has 1 unspecified atom stereocenters. The Morgan fingerprint density at radius 1 is 1.36 bits per heavy atom. The molecule has 0 aliphatic rings. The van der Waals surface area contributed by atoms with Crippen molar-refractivity contribution in [2.75, 3.05) is 6.26 Å². The molecule has 0 heterocycles. The van der Waals surface area contributed by atoms with Gasteiger partial charge in [-0.25, -0.2) is 0 Å². The van der Waals surface area contributed by atoms with Gasteiger partial charge in [0.25, 0.3) is 0 Å². The SMILES string of the molecule is CC(C)NCc1ccccc1[S+](C)[O-]. The summed E-state index contributed by atoms with van der Waals surface area (Å²) in [5, 5.41) is 3.32. The van der Waals surface area contributed by atoms with Gasteiger partial charge in [-0.1, -0.05) is 32.0 Å². The molecular weight excluding hydrogens is 194 g/mol. The summed E-state index contributed by atoms with van der Waals surface area (Å²) in [7, 11) is 0. The molecular formula is C11H17NOS. The number of hydrogen-bond acceptors (Lipinski definition) is 2. The van der Waals surface area contributed by atoms with E-state index in [1.54, 1.807) is 6.26 Å². The molecule has 1 aromatic rings. The zero-order valence-corrected chi connectivity index (χ0v) is 9.73. The van der Waals surface area contributed by atoms with Crippen LogP contribution in [-0.2, 0) is 17.7 Å². The zero-order valence-electron chi connectivity index (χ0n) is 8.91. The van der Waals surface area contributed by atoms with Gasteiger partial charge in [-0.3, -0.25) is 0 Å². The van der Waals surface area contributed by atoms with E-state index < -0.39 is 11.2 Å². The monoisotopic (exact) mass is 211 g/mol. The van der Waals surface area contributed by atoms with Crippen molar-refractivity contribution in [1.29, 1.82) is 0 Å². The number of hydrogen-bond donors (Lipinski definition) is 1. The lowest BCUT2D eigenvalue weighted by atomic mass is 10.2. The van der Waals surface area contributed by atoms with E-state index in [9.17, 15) is 4.55 Å². The third kappa shape index (κ3) is 3.33. The van der Waals surface area contributed by atoms with E-state index in [1.807, 2.05) is 24.3 Å². The number of benzene rings is 1. The van der Waals surface area contributed by atoms with Crippen molar-refractivity contribution in [3.8, 4) is 0 Å². The molecule has 0 amide bonds. The van der Waals surface area contributed by atoms with E-state index in [0.29, 0.717) is 6.04 Å². The molecule has 78 valence electrons. The molecule has 0 aliphatic carbocycles. The topological polar surface area (TPSA) is 35.1 Å². The molecule has 0 bridgehead atoms. The van der Waals surface area contributed by atoms with Crippen LogP contribution in [0.3, 0.4) is 0 Å². The minimum absolute atomic E-state index is 0.452. The lowest BCUT2D eigenvalue weighted by Crippen LogP contribution is -2.22. The summed E-state index contributed by atoms with van der Waals surface area (Å²) in [6.45, 7) is 4.99. The maximum atomic E-state index is 11.4. The van der Waals surface area contributed by atoms with Gasteiger partial charge >= 0.3 is 0 Å². The largest absolute Gasteiger partial charge is 0.612 e. The van der Waals surface area contributed by atoms with Crippen molar-refractivity contribution in [2.45, 2.75) is 31.3 Å². The molecule has 1 rings (SSSR count). The third-order valence-electron chi connectivity index (χ3n) is 1.98. The first-order chi connectivity index (χ1) is 6.61. The van der Waals surface area contributed by atoms with Crippen molar-refractivity contribution in [3.63, 3.8) is 0 Å². The first kappa shape index (κ1) is 11.6. The Bertz CT molecular complexity index is 286. The molecule has 0 aliphatic heterocycles. The number of rotatable bonds is 4. The average Bonchev–Trinajstić information content (AvgIpc) is 2.15. The summed E-state index contributed by atoms with van der Waals surface area (Å²) in [6.07, 6.45) is 1.72. The summed E-state index contributed by atoms with van der Waals surface area (Å²) in [5.41, 5.74) is 1.13. The van der Waals surface area contributed by atoms with Gasteiger partial charge in [0.2, 0.25) is 0 Å². The second-order valence-electron chi connectivity index (χ2n) is 3.60. The minimum atomic E-state index is -0.895. The molecule has 0 saturated carbocycles. The zero-order chi connectivity index (χ0) is 10.6. The smallest absolute Gasteiger partial charge is 0.156 e. The normalized spacial score (nSPS) is 13.2. The summed E-state index contributed by atoms with van der Waals surface area (Å²) in [4.78, 5) is 0.931. The van der Waals surface area contributed by atoms with Crippen LogP contribution >= 0.6 is 0 Å². The molecule has 14 heavy (non-hydrogen) atoms. The summed E-state index contributed by atoms with van der Waals surface area (Å²) < 4.78 is 11.4. The third-order valence-corrected chi connectivity index (χ3v) is 3.00. The molecule has 0 spiro atoms. The average molecular weight is 211 g/mol. The molecule has 3 heteroatoms. The van der Waals surface area contributed by atoms with Crippen LogP contribution in [0.5, 0.6) is 0 Å². The molecule has 0 radical (unpaired) electrons. The molecule has 1 aromatic carbocycles. The molecule has 0 aromatic heterocycles. The second-order valence-corrected chi connectivity index (χ2v) is 4.95. The Morgan fingerprint density at radius 2 is 2.00 bits per heavy atom. The van der Waals surface area contributed by atoms with Crippen LogP contribution in [0.15, 0.2) is 29.2 Å². The Balaban J connectivity index is 2.74. The van der Waals surface area contributed by atoms with Crippen LogP contribution in [0.4, 0.5) is 0 Å². The number of nitrogens with one attached hydrogen (secondary N) is 1. The van der Waals surface area contributed by atoms with Crippen LogP contribution in [-0.4, -0.2) is 16.9 Å². The fraction of sp³-hybridized carbons (Fsp3) is 0.455. The summed E-state index contributed by atoms with van der Waals surface area (Å²) in [5.74, 6) is 0. The quantitative estimate of drug-likeness (QED) is 0.772. The second kappa shape index (κ2) is 5.39. The van der Waals surface area contributed by atoms with E-state index >= 15 is 0 Å². The first-order valence-electron chi connectivity index (χ1n) is 4.76. The van der Waals surface area contributed by atoms with E-state index in [-0.39, 0.29) is 0 Å². The maximum absolute atomic E-state index is 11.4. The van der Waals surface area contributed by atoms with E-state index in [4.69, 9.17) is 0 Å². The molecule has 0 fully saturated rings. The first-order valence-corrected chi connectivity index (χ1v) is 6.31. The van der Waals surface area contributed by atoms with Crippen molar-refractivity contribution in [1.82, 2.24) is 5.32 Å². The summed E-state index contributed by atoms with van der Waals surface area (Å²) in [6, 6.07) is 8.30. The standard InChI is InChI=1S/C11H17NOS/c1-9(2)12-8-10-6-4-5-7-11(10)14(3)13/h4-7,9,12H,8H2,1-3H3. The Kier molecular flexibility index (Phi) is 4.45. The van der Waals surface area contributed by atoms with Crippen molar-refractivity contribution in [3.05, 3.63) is 29.8 Å². The molecule has 2 nitrogen and oxygen atoms in total. The van der Waals surface area contributed by atoms with Crippen LogP contribution in [0.25, 0.3) is 0 Å². The molecule has 1 atom stereocenters. The molecule has 1 N–H and O–H groups in total. The fourth-order valence-corrected chi connectivity index (χ4v) is 2.02. The fourth-order valence-electron chi connectivity index (χ4n) is 1.24. The van der Waals surface area contributed by atoms with Crippen LogP contribution in [0.2, 0.25) is 0 Å². The van der Waals surface area contributed by atoms with E-state index in [2.05, 4.69) is 19.2 Å². The van der Waals surface area contributed by atoms with Gasteiger partial charge in [0.15, 0.2) is 4.90 Å². The lowest BCUT2D eigenvalue weighted by Gasteiger charge is -2.12.